The van der Waals surface area contributed by atoms with Crippen LogP contribution in [0.5, 0.6) is 5.75 Å². The lowest BCUT2D eigenvalue weighted by Gasteiger charge is -2.11. The largest absolute Gasteiger partial charge is 0.476 e. The van der Waals surface area contributed by atoms with Gasteiger partial charge in [-0.25, -0.2) is 4.79 Å². The fourth-order valence-corrected chi connectivity index (χ4v) is 1.59. The van der Waals surface area contributed by atoms with Crippen LogP contribution in [0.15, 0.2) is 17.1 Å². The lowest BCUT2D eigenvalue weighted by Crippen LogP contribution is -2.21. The van der Waals surface area contributed by atoms with Gasteiger partial charge in [-0.15, -0.1) is 11.6 Å². The molecule has 100 valence electrons. The summed E-state index contributed by atoms with van der Waals surface area (Å²) in [4.78, 5) is 22.9. The first kappa shape index (κ1) is 14.6. The number of hydrogen-bond acceptors (Lipinski definition) is 4. The van der Waals surface area contributed by atoms with Crippen LogP contribution in [0.25, 0.3) is 0 Å². The summed E-state index contributed by atoms with van der Waals surface area (Å²) in [6, 6.07) is 1.39. The predicted octanol–water partition coefficient (Wildman–Crippen LogP) is 1.45. The number of aryl methyl sites for hydroxylation is 1. The van der Waals surface area contributed by atoms with Crippen molar-refractivity contribution in [2.75, 3.05) is 6.61 Å². The van der Waals surface area contributed by atoms with E-state index in [9.17, 15) is 9.59 Å². The summed E-state index contributed by atoms with van der Waals surface area (Å²) in [5.41, 5.74) is 0.375. The zero-order chi connectivity index (χ0) is 13.7. The van der Waals surface area contributed by atoms with Crippen molar-refractivity contribution in [1.29, 1.82) is 0 Å². The van der Waals surface area contributed by atoms with Crippen LogP contribution in [0.3, 0.4) is 0 Å². The lowest BCUT2D eigenvalue weighted by molar-refractivity contribution is -0.149. The van der Waals surface area contributed by atoms with Gasteiger partial charge in [-0.3, -0.25) is 4.79 Å². The number of esters is 1. The van der Waals surface area contributed by atoms with Crippen LogP contribution in [0.1, 0.15) is 19.5 Å². The molecule has 1 aromatic rings. The molecule has 1 aromatic heterocycles. The normalized spacial score (nSPS) is 10.5. The maximum absolute atomic E-state index is 11.6. The van der Waals surface area contributed by atoms with Gasteiger partial charge < -0.3 is 14.0 Å². The Balaban J connectivity index is 2.71. The Morgan fingerprint density at radius 1 is 1.50 bits per heavy atom. The average Bonchev–Trinajstić information content (AvgIpc) is 2.28. The predicted molar refractivity (Wildman–Crippen MR) is 68.0 cm³/mol. The molecule has 0 spiro atoms. The third-order valence-electron chi connectivity index (χ3n) is 2.15. The van der Waals surface area contributed by atoms with Crippen molar-refractivity contribution >= 4 is 17.6 Å². The van der Waals surface area contributed by atoms with Crippen molar-refractivity contribution in [1.82, 2.24) is 4.57 Å². The molecule has 1 heterocycles. The summed E-state index contributed by atoms with van der Waals surface area (Å²) in [7, 11) is 1.75. The first-order valence-electron chi connectivity index (χ1n) is 5.51. The monoisotopic (exact) mass is 273 g/mol. The second-order valence-electron chi connectivity index (χ2n) is 4.07. The van der Waals surface area contributed by atoms with Crippen LogP contribution < -0.4 is 10.2 Å². The van der Waals surface area contributed by atoms with Crippen molar-refractivity contribution in [2.45, 2.75) is 25.8 Å². The molecule has 0 atom stereocenters. The molecular formula is C12H16ClNO4. The first-order valence-corrected chi connectivity index (χ1v) is 6.05. The van der Waals surface area contributed by atoms with E-state index < -0.39 is 5.97 Å². The van der Waals surface area contributed by atoms with Crippen LogP contribution in [0.2, 0.25) is 0 Å². The summed E-state index contributed by atoms with van der Waals surface area (Å²) in [5.74, 6) is -0.165. The van der Waals surface area contributed by atoms with Crippen molar-refractivity contribution in [3.05, 3.63) is 28.2 Å². The molecule has 0 bridgehead atoms. The lowest BCUT2D eigenvalue weighted by atomic mass is 10.3. The zero-order valence-corrected chi connectivity index (χ0v) is 11.4. The van der Waals surface area contributed by atoms with E-state index in [1.54, 1.807) is 25.5 Å². The molecule has 0 fully saturated rings. The van der Waals surface area contributed by atoms with Gasteiger partial charge in [0.1, 0.15) is 0 Å². The van der Waals surface area contributed by atoms with E-state index in [0.29, 0.717) is 5.69 Å². The number of halogens is 1. The third-order valence-corrected chi connectivity index (χ3v) is 2.43. The van der Waals surface area contributed by atoms with Gasteiger partial charge in [0.2, 0.25) is 5.43 Å². The molecule has 0 aliphatic rings. The SMILES string of the molecule is CC(C)OC(=O)COc1cn(C)c(CCl)cc1=O. The fraction of sp³-hybridized carbons (Fsp3) is 0.500. The van der Waals surface area contributed by atoms with E-state index in [2.05, 4.69) is 0 Å². The number of carbonyl (C=O) groups excluding carboxylic acids is 1. The van der Waals surface area contributed by atoms with Gasteiger partial charge in [0, 0.05) is 18.8 Å². The van der Waals surface area contributed by atoms with Crippen LogP contribution in [0, 0.1) is 0 Å². The molecule has 0 aliphatic carbocycles. The average molecular weight is 274 g/mol. The summed E-state index contributed by atoms with van der Waals surface area (Å²) >= 11 is 5.67. The van der Waals surface area contributed by atoms with E-state index in [-0.39, 0.29) is 29.8 Å². The highest BCUT2D eigenvalue weighted by Crippen LogP contribution is 2.07. The number of hydrogen-bond donors (Lipinski definition) is 0. The van der Waals surface area contributed by atoms with Gasteiger partial charge >= 0.3 is 5.97 Å². The van der Waals surface area contributed by atoms with E-state index >= 15 is 0 Å². The second kappa shape index (κ2) is 6.44. The quantitative estimate of drug-likeness (QED) is 0.602. The number of nitrogens with zero attached hydrogens (tertiary/aromatic N) is 1. The minimum Gasteiger partial charge on any atom is -0.476 e. The number of rotatable bonds is 5. The third kappa shape index (κ3) is 4.07. The zero-order valence-electron chi connectivity index (χ0n) is 10.6. The van der Waals surface area contributed by atoms with E-state index in [1.165, 1.54) is 12.3 Å². The van der Waals surface area contributed by atoms with Crippen LogP contribution in [0.4, 0.5) is 0 Å². The van der Waals surface area contributed by atoms with Crippen molar-refractivity contribution in [3.8, 4) is 5.75 Å². The number of alkyl halides is 1. The standard InChI is InChI=1S/C12H16ClNO4/c1-8(2)18-12(16)7-17-11-6-14(3)9(5-13)4-10(11)15/h4,6,8H,5,7H2,1-3H3. The number of ether oxygens (including phenoxy) is 2. The van der Waals surface area contributed by atoms with Gasteiger partial charge in [0.05, 0.1) is 18.2 Å². The molecule has 0 amide bonds. The molecule has 5 nitrogen and oxygen atoms in total. The number of pyridine rings is 1. The maximum Gasteiger partial charge on any atom is 0.344 e. The number of aromatic nitrogens is 1. The molecule has 0 aromatic carbocycles. The van der Waals surface area contributed by atoms with Gasteiger partial charge in [-0.05, 0) is 13.8 Å². The maximum atomic E-state index is 11.6. The van der Waals surface area contributed by atoms with Gasteiger partial charge in [-0.2, -0.15) is 0 Å². The topological polar surface area (TPSA) is 57.5 Å². The van der Waals surface area contributed by atoms with Crippen LogP contribution in [-0.4, -0.2) is 23.2 Å². The summed E-state index contributed by atoms with van der Waals surface area (Å²) in [6.45, 7) is 3.20. The molecule has 0 N–H and O–H groups in total. The summed E-state index contributed by atoms with van der Waals surface area (Å²) in [5, 5.41) is 0. The minimum atomic E-state index is -0.506. The molecule has 0 unspecified atom stereocenters. The Morgan fingerprint density at radius 2 is 2.17 bits per heavy atom. The minimum absolute atomic E-state index is 0.104. The van der Waals surface area contributed by atoms with Crippen LogP contribution >= 0.6 is 11.6 Å². The van der Waals surface area contributed by atoms with Gasteiger partial charge in [-0.1, -0.05) is 0 Å². The van der Waals surface area contributed by atoms with Gasteiger partial charge in [0.15, 0.2) is 12.4 Å². The molecule has 1 rings (SSSR count). The Hall–Kier alpha value is -1.49. The summed E-state index contributed by atoms with van der Waals surface area (Å²) in [6.07, 6.45) is 1.30. The Labute approximate surface area is 110 Å². The van der Waals surface area contributed by atoms with Crippen LogP contribution in [-0.2, 0) is 22.5 Å². The molecule has 6 heteroatoms. The van der Waals surface area contributed by atoms with E-state index in [4.69, 9.17) is 21.1 Å². The van der Waals surface area contributed by atoms with Crippen molar-refractivity contribution < 1.29 is 14.3 Å². The molecule has 0 radical (unpaired) electrons. The molecule has 0 saturated heterocycles. The van der Waals surface area contributed by atoms with Crippen molar-refractivity contribution in [2.24, 2.45) is 7.05 Å². The van der Waals surface area contributed by atoms with Gasteiger partial charge in [0.25, 0.3) is 0 Å². The molecule has 0 saturated carbocycles. The molecule has 18 heavy (non-hydrogen) atoms. The van der Waals surface area contributed by atoms with E-state index in [1.807, 2.05) is 0 Å². The summed E-state index contributed by atoms with van der Waals surface area (Å²) < 4.78 is 11.7. The second-order valence-corrected chi connectivity index (χ2v) is 4.33. The van der Waals surface area contributed by atoms with Crippen molar-refractivity contribution in [3.63, 3.8) is 0 Å². The first-order chi connectivity index (χ1) is 8.43. The highest BCUT2D eigenvalue weighted by atomic mass is 35.5. The fourth-order valence-electron chi connectivity index (χ4n) is 1.32. The Bertz CT molecular complexity index is 481. The Morgan fingerprint density at radius 3 is 2.72 bits per heavy atom. The smallest absolute Gasteiger partial charge is 0.344 e. The molecular weight excluding hydrogens is 258 g/mol. The highest BCUT2D eigenvalue weighted by Gasteiger charge is 2.09. The number of carbonyl (C=O) groups is 1. The molecule has 0 aliphatic heterocycles. The Kier molecular flexibility index (Phi) is 5.22. The van der Waals surface area contributed by atoms with E-state index in [0.717, 1.165) is 0 Å². The highest BCUT2D eigenvalue weighted by molar-refractivity contribution is 6.16.